The molecule has 0 aliphatic heterocycles. The molecule has 1 heterocycles. The second-order valence-corrected chi connectivity index (χ2v) is 1.02. The zero-order valence-electron chi connectivity index (χ0n) is 3.33. The molecule has 1 aromatic rings. The summed E-state index contributed by atoms with van der Waals surface area (Å²) in [5.74, 6) is 3.78. The first-order valence-electron chi connectivity index (χ1n) is 1.85. The molecule has 6 heavy (non-hydrogen) atoms. The molecule has 0 unspecified atom stereocenters. The number of hydrogen-bond acceptors (Lipinski definition) is 1. The van der Waals surface area contributed by atoms with E-state index in [-0.39, 0.29) is 0 Å². The van der Waals surface area contributed by atoms with E-state index in [1.54, 1.807) is 14.1 Å². The van der Waals surface area contributed by atoms with Crippen LogP contribution in [0.25, 0.3) is 0 Å². The van der Waals surface area contributed by atoms with Gasteiger partial charge in [-0.05, 0) is 0 Å². The molecule has 0 saturated carbocycles. The zero-order valence-corrected chi connectivity index (χ0v) is 3.33. The molecule has 0 aliphatic rings. The van der Waals surface area contributed by atoms with Crippen LogP contribution in [0.2, 0.25) is 0 Å². The van der Waals surface area contributed by atoms with Crippen molar-refractivity contribution in [3.63, 3.8) is 0 Å². The fourth-order valence-corrected chi connectivity index (χ4v) is 0.313. The van der Waals surface area contributed by atoms with Crippen molar-refractivity contribution in [1.82, 2.24) is 4.80 Å². The van der Waals surface area contributed by atoms with Crippen molar-refractivity contribution in [2.75, 3.05) is 0 Å². The summed E-state index contributed by atoms with van der Waals surface area (Å²) < 4.78 is 0. The maximum atomic E-state index is 3.78. The van der Waals surface area contributed by atoms with Gasteiger partial charge in [0.25, 0.3) is 0 Å². The average molecular weight is 74.7 g/mol. The summed E-state index contributed by atoms with van der Waals surface area (Å²) in [5.41, 5.74) is 0. The minimum atomic E-state index is 1.75. The Morgan fingerprint density at radius 1 is 1.17 bits per heavy atom. The van der Waals surface area contributed by atoms with Crippen LogP contribution in [0.15, 0.2) is 18.0 Å². The van der Waals surface area contributed by atoms with Crippen molar-refractivity contribution in [3.05, 3.63) is 18.0 Å². The van der Waals surface area contributed by atoms with E-state index in [0.29, 0.717) is 0 Å². The van der Waals surface area contributed by atoms with Gasteiger partial charge in [0.2, 0.25) is 0 Å². The van der Waals surface area contributed by atoms with Gasteiger partial charge in [-0.3, -0.25) is 0 Å². The van der Waals surface area contributed by atoms with Crippen LogP contribution in [0.1, 0.15) is 0 Å². The second-order valence-electron chi connectivity index (χ2n) is 1.02. The fraction of sp³-hybridized carbons (Fsp3) is 0. The molecule has 1 nitrogen and oxygen atoms in total. The van der Waals surface area contributed by atoms with Crippen LogP contribution in [0.3, 0.4) is 0 Å². The standard InChI is InChI=1S/C3H3B2N/c1-2-4-6-5-3-1/h1-3H. The molecule has 0 N–H and O–H groups in total. The SMILES string of the molecule is b1cccbn1. The van der Waals surface area contributed by atoms with Crippen molar-refractivity contribution in [3.8, 4) is 0 Å². The topological polar surface area (TPSA) is 12.9 Å². The van der Waals surface area contributed by atoms with Gasteiger partial charge >= 0.3 is 36.9 Å². The Morgan fingerprint density at radius 2 is 1.83 bits per heavy atom. The van der Waals surface area contributed by atoms with Gasteiger partial charge in [-0.1, -0.05) is 0 Å². The van der Waals surface area contributed by atoms with Gasteiger partial charge in [0.15, 0.2) is 0 Å². The molecule has 0 bridgehead atoms. The summed E-state index contributed by atoms with van der Waals surface area (Å²) in [4.78, 5) is 3.78. The van der Waals surface area contributed by atoms with Gasteiger partial charge in [-0.25, -0.2) is 0 Å². The predicted octanol–water partition coefficient (Wildman–Crippen LogP) is -0.242. The Kier molecular flexibility index (Phi) is 1.15. The maximum absolute atomic E-state index is 3.78. The van der Waals surface area contributed by atoms with Gasteiger partial charge in [0.05, 0.1) is 0 Å². The summed E-state index contributed by atoms with van der Waals surface area (Å²) in [6.07, 6.45) is 0. The van der Waals surface area contributed by atoms with Crippen LogP contribution in [-0.4, -0.2) is 18.9 Å². The summed E-state index contributed by atoms with van der Waals surface area (Å²) in [5, 5.41) is 0. The van der Waals surface area contributed by atoms with Gasteiger partial charge in [-0.15, -0.1) is 0 Å². The van der Waals surface area contributed by atoms with E-state index >= 15 is 0 Å². The molecule has 0 aliphatic carbocycles. The summed E-state index contributed by atoms with van der Waals surface area (Å²) >= 11 is 0. The van der Waals surface area contributed by atoms with Crippen LogP contribution < -0.4 is 0 Å². The van der Waals surface area contributed by atoms with Crippen molar-refractivity contribution in [2.45, 2.75) is 0 Å². The van der Waals surface area contributed by atoms with E-state index in [1.807, 2.05) is 18.0 Å². The third kappa shape index (κ3) is 0.744. The Labute approximate surface area is 37.9 Å². The molecule has 26 valence electrons. The Balaban J connectivity index is 3.00. The Bertz CT molecular complexity index is 80.7. The van der Waals surface area contributed by atoms with E-state index in [4.69, 9.17) is 0 Å². The first kappa shape index (κ1) is 3.72. The number of rotatable bonds is 0. The third-order valence-corrected chi connectivity index (χ3v) is 0.566. The van der Waals surface area contributed by atoms with Crippen molar-refractivity contribution in [1.29, 1.82) is 0 Å². The summed E-state index contributed by atoms with van der Waals surface area (Å²) in [7, 11) is 3.50. The molecule has 0 radical (unpaired) electrons. The van der Waals surface area contributed by atoms with E-state index in [1.165, 1.54) is 0 Å². The molecule has 1 rings (SSSR count). The molecule has 0 amide bonds. The van der Waals surface area contributed by atoms with Crippen LogP contribution in [-0.2, 0) is 0 Å². The quantitative estimate of drug-likeness (QED) is 0.414. The molecule has 3 heteroatoms. The van der Waals surface area contributed by atoms with Crippen molar-refractivity contribution >= 4 is 14.1 Å². The summed E-state index contributed by atoms with van der Waals surface area (Å²) in [6, 6.07) is 1.94. The van der Waals surface area contributed by atoms with Gasteiger partial charge < -0.3 is 0 Å². The Morgan fingerprint density at radius 3 is 2.00 bits per heavy atom. The molecule has 0 spiro atoms. The van der Waals surface area contributed by atoms with Gasteiger partial charge in [0.1, 0.15) is 0 Å². The van der Waals surface area contributed by atoms with Crippen molar-refractivity contribution < 1.29 is 0 Å². The minimum absolute atomic E-state index is 1.75. The van der Waals surface area contributed by atoms with Crippen LogP contribution in [0.4, 0.5) is 0 Å². The number of nitrogens with zero attached hydrogens (tertiary/aromatic N) is 1. The molecule has 0 saturated heterocycles. The van der Waals surface area contributed by atoms with E-state index < -0.39 is 0 Å². The zero-order chi connectivity index (χ0) is 4.24. The Hall–Kier alpha value is -0.460. The van der Waals surface area contributed by atoms with Crippen molar-refractivity contribution in [2.24, 2.45) is 0 Å². The third-order valence-electron chi connectivity index (χ3n) is 0.566. The number of hydrogen-bond donors (Lipinski definition) is 0. The van der Waals surface area contributed by atoms with Gasteiger partial charge in [0, 0.05) is 0 Å². The molecule has 0 atom stereocenters. The second kappa shape index (κ2) is 1.85. The van der Waals surface area contributed by atoms with Crippen LogP contribution >= 0.6 is 0 Å². The molecular formula is C3H3B2N. The molecule has 0 fully saturated rings. The predicted molar refractivity (Wildman–Crippen MR) is 26.9 cm³/mol. The van der Waals surface area contributed by atoms with E-state index in [2.05, 4.69) is 4.80 Å². The fourth-order valence-electron chi connectivity index (χ4n) is 0.313. The molecule has 0 aromatic carbocycles. The van der Waals surface area contributed by atoms with E-state index in [9.17, 15) is 0 Å². The first-order valence-corrected chi connectivity index (χ1v) is 1.85. The summed E-state index contributed by atoms with van der Waals surface area (Å²) in [6.45, 7) is 0. The van der Waals surface area contributed by atoms with Gasteiger partial charge in [-0.2, -0.15) is 0 Å². The molecule has 1 aromatic heterocycles. The number of aromatic nitrogens is 1. The average Bonchev–Trinajstić information content (AvgIpc) is 1.72. The van der Waals surface area contributed by atoms with E-state index in [0.717, 1.165) is 0 Å². The first-order chi connectivity index (χ1) is 3.00. The molecular weight excluding hydrogens is 71.7 g/mol. The van der Waals surface area contributed by atoms with Crippen LogP contribution in [0, 0.1) is 0 Å². The normalized spacial score (nSPS) is 6.67. The monoisotopic (exact) mass is 75.0 g/mol. The van der Waals surface area contributed by atoms with Crippen LogP contribution in [0.5, 0.6) is 0 Å².